The summed E-state index contributed by atoms with van der Waals surface area (Å²) >= 11 is 3.38. The number of halogens is 1. The maximum Gasteiger partial charge on any atom is 0.168 e. The number of hydrogen-bond donors (Lipinski definition) is 1. The van der Waals surface area contributed by atoms with Crippen LogP contribution in [0, 0.1) is 6.92 Å². The third kappa shape index (κ3) is 2.87. The Balaban J connectivity index is 2.16. The minimum atomic E-state index is 0.570. The third-order valence-corrected chi connectivity index (χ3v) is 2.97. The molecule has 0 unspecified atom stereocenters. The smallest absolute Gasteiger partial charge is 0.168 e. The van der Waals surface area contributed by atoms with Crippen LogP contribution in [-0.2, 0) is 6.54 Å². The minimum absolute atomic E-state index is 0.570. The molecule has 0 spiro atoms. The molecular formula is C12H14BrN3O. The number of aromatic nitrogens is 2. The minimum Gasteiger partial charge on any atom is -0.454 e. The molecule has 0 aliphatic rings. The van der Waals surface area contributed by atoms with E-state index in [1.807, 2.05) is 35.9 Å². The predicted molar refractivity (Wildman–Crippen MR) is 70.2 cm³/mol. The standard InChI is InChI=1S/C12H14BrN3O/c1-9-12(8-15-16(9)7-6-14)17-11-4-2-10(13)3-5-11/h2-5,8H,6-7,14H2,1H3. The molecule has 0 radical (unpaired) electrons. The summed E-state index contributed by atoms with van der Waals surface area (Å²) in [6.07, 6.45) is 1.72. The number of benzene rings is 1. The first-order chi connectivity index (χ1) is 8.20. The zero-order valence-corrected chi connectivity index (χ0v) is 11.1. The Labute approximate surface area is 109 Å². The van der Waals surface area contributed by atoms with Crippen LogP contribution in [0.2, 0.25) is 0 Å². The van der Waals surface area contributed by atoms with Gasteiger partial charge >= 0.3 is 0 Å². The lowest BCUT2D eigenvalue weighted by molar-refractivity contribution is 0.475. The molecule has 2 rings (SSSR count). The summed E-state index contributed by atoms with van der Waals surface area (Å²) in [6, 6.07) is 7.69. The molecule has 0 saturated heterocycles. The molecular weight excluding hydrogens is 282 g/mol. The summed E-state index contributed by atoms with van der Waals surface area (Å²) in [5, 5.41) is 4.22. The molecule has 2 aromatic rings. The summed E-state index contributed by atoms with van der Waals surface area (Å²) < 4.78 is 8.62. The SMILES string of the molecule is Cc1c(Oc2ccc(Br)cc2)cnn1CCN. The van der Waals surface area contributed by atoms with Gasteiger partial charge in [0.15, 0.2) is 5.75 Å². The first kappa shape index (κ1) is 12.1. The van der Waals surface area contributed by atoms with E-state index in [2.05, 4.69) is 21.0 Å². The van der Waals surface area contributed by atoms with Crippen molar-refractivity contribution >= 4 is 15.9 Å². The van der Waals surface area contributed by atoms with Crippen LogP contribution in [0.4, 0.5) is 0 Å². The molecule has 0 atom stereocenters. The van der Waals surface area contributed by atoms with E-state index in [1.54, 1.807) is 6.20 Å². The molecule has 0 saturated carbocycles. The normalized spacial score (nSPS) is 10.5. The highest BCUT2D eigenvalue weighted by Gasteiger charge is 2.07. The lowest BCUT2D eigenvalue weighted by Gasteiger charge is -2.06. The van der Waals surface area contributed by atoms with Crippen LogP contribution in [0.1, 0.15) is 5.69 Å². The summed E-state index contributed by atoms with van der Waals surface area (Å²) in [5.74, 6) is 1.56. The van der Waals surface area contributed by atoms with Gasteiger partial charge in [-0.3, -0.25) is 4.68 Å². The number of nitrogens with two attached hydrogens (primary N) is 1. The van der Waals surface area contributed by atoms with Crippen LogP contribution in [-0.4, -0.2) is 16.3 Å². The molecule has 4 nitrogen and oxygen atoms in total. The molecule has 0 aliphatic carbocycles. The predicted octanol–water partition coefficient (Wildman–Crippen LogP) is 2.71. The first-order valence-corrected chi connectivity index (χ1v) is 6.16. The van der Waals surface area contributed by atoms with E-state index in [0.29, 0.717) is 13.1 Å². The lowest BCUT2D eigenvalue weighted by atomic mass is 10.3. The number of hydrogen-bond acceptors (Lipinski definition) is 3. The van der Waals surface area contributed by atoms with E-state index < -0.39 is 0 Å². The Bertz CT molecular complexity index is 493. The van der Waals surface area contributed by atoms with Crippen molar-refractivity contribution in [3.63, 3.8) is 0 Å². The van der Waals surface area contributed by atoms with Crippen molar-refractivity contribution in [3.05, 3.63) is 40.6 Å². The second-order valence-electron chi connectivity index (χ2n) is 3.66. The van der Waals surface area contributed by atoms with Crippen molar-refractivity contribution in [2.75, 3.05) is 6.54 Å². The zero-order chi connectivity index (χ0) is 12.3. The largest absolute Gasteiger partial charge is 0.454 e. The summed E-state index contributed by atoms with van der Waals surface area (Å²) in [7, 11) is 0. The Morgan fingerprint density at radius 2 is 2.06 bits per heavy atom. The third-order valence-electron chi connectivity index (χ3n) is 2.44. The van der Waals surface area contributed by atoms with Gasteiger partial charge in [-0.2, -0.15) is 5.10 Å². The van der Waals surface area contributed by atoms with Gasteiger partial charge in [0.25, 0.3) is 0 Å². The fraction of sp³-hybridized carbons (Fsp3) is 0.250. The van der Waals surface area contributed by atoms with E-state index in [4.69, 9.17) is 10.5 Å². The lowest BCUT2D eigenvalue weighted by Crippen LogP contribution is -2.12. The second-order valence-corrected chi connectivity index (χ2v) is 4.58. The maximum atomic E-state index is 5.75. The highest BCUT2D eigenvalue weighted by atomic mass is 79.9. The molecule has 0 bridgehead atoms. The molecule has 2 N–H and O–H groups in total. The number of ether oxygens (including phenoxy) is 1. The molecule has 17 heavy (non-hydrogen) atoms. The van der Waals surface area contributed by atoms with E-state index >= 15 is 0 Å². The van der Waals surface area contributed by atoms with E-state index in [0.717, 1.165) is 21.7 Å². The highest BCUT2D eigenvalue weighted by Crippen LogP contribution is 2.25. The van der Waals surface area contributed by atoms with Crippen molar-refractivity contribution in [1.29, 1.82) is 0 Å². The highest BCUT2D eigenvalue weighted by molar-refractivity contribution is 9.10. The number of rotatable bonds is 4. The van der Waals surface area contributed by atoms with Crippen molar-refractivity contribution in [1.82, 2.24) is 9.78 Å². The molecule has 5 heteroatoms. The van der Waals surface area contributed by atoms with Crippen molar-refractivity contribution in [2.24, 2.45) is 5.73 Å². The van der Waals surface area contributed by atoms with Crippen LogP contribution >= 0.6 is 15.9 Å². The van der Waals surface area contributed by atoms with Gasteiger partial charge in [-0.25, -0.2) is 0 Å². The van der Waals surface area contributed by atoms with Gasteiger partial charge in [-0.15, -0.1) is 0 Å². The molecule has 1 heterocycles. The van der Waals surface area contributed by atoms with E-state index in [1.165, 1.54) is 0 Å². The van der Waals surface area contributed by atoms with Crippen LogP contribution < -0.4 is 10.5 Å². The van der Waals surface area contributed by atoms with Crippen molar-refractivity contribution in [2.45, 2.75) is 13.5 Å². The summed E-state index contributed by atoms with van der Waals surface area (Å²) in [5.41, 5.74) is 6.49. The van der Waals surface area contributed by atoms with Gasteiger partial charge in [0, 0.05) is 11.0 Å². The summed E-state index contributed by atoms with van der Waals surface area (Å²) in [6.45, 7) is 3.24. The molecule has 90 valence electrons. The first-order valence-electron chi connectivity index (χ1n) is 5.36. The van der Waals surface area contributed by atoms with Crippen molar-refractivity contribution in [3.8, 4) is 11.5 Å². The average Bonchev–Trinajstić information content (AvgIpc) is 2.65. The Hall–Kier alpha value is -1.33. The van der Waals surface area contributed by atoms with Crippen LogP contribution in [0.5, 0.6) is 11.5 Å². The van der Waals surface area contributed by atoms with E-state index in [9.17, 15) is 0 Å². The molecule has 0 aliphatic heterocycles. The number of nitrogens with zero attached hydrogens (tertiary/aromatic N) is 2. The van der Waals surface area contributed by atoms with E-state index in [-0.39, 0.29) is 0 Å². The monoisotopic (exact) mass is 295 g/mol. The van der Waals surface area contributed by atoms with Gasteiger partial charge in [-0.1, -0.05) is 15.9 Å². The Kier molecular flexibility index (Phi) is 3.81. The fourth-order valence-electron chi connectivity index (χ4n) is 1.51. The molecule has 0 fully saturated rings. The Morgan fingerprint density at radius 1 is 1.35 bits per heavy atom. The quantitative estimate of drug-likeness (QED) is 0.943. The maximum absolute atomic E-state index is 5.75. The average molecular weight is 296 g/mol. The van der Waals surface area contributed by atoms with Gasteiger partial charge in [0.05, 0.1) is 18.4 Å². The van der Waals surface area contributed by atoms with Gasteiger partial charge < -0.3 is 10.5 Å². The fourth-order valence-corrected chi connectivity index (χ4v) is 1.77. The topological polar surface area (TPSA) is 53.1 Å². The van der Waals surface area contributed by atoms with Gasteiger partial charge in [-0.05, 0) is 31.2 Å². The van der Waals surface area contributed by atoms with Gasteiger partial charge in [0.1, 0.15) is 5.75 Å². The van der Waals surface area contributed by atoms with Gasteiger partial charge in [0.2, 0.25) is 0 Å². The van der Waals surface area contributed by atoms with Crippen LogP contribution in [0.25, 0.3) is 0 Å². The summed E-state index contributed by atoms with van der Waals surface area (Å²) in [4.78, 5) is 0. The van der Waals surface area contributed by atoms with Crippen LogP contribution in [0.15, 0.2) is 34.9 Å². The Morgan fingerprint density at radius 3 is 2.71 bits per heavy atom. The molecule has 1 aromatic carbocycles. The second kappa shape index (κ2) is 5.33. The molecule has 0 amide bonds. The van der Waals surface area contributed by atoms with Crippen LogP contribution in [0.3, 0.4) is 0 Å². The van der Waals surface area contributed by atoms with Crippen molar-refractivity contribution < 1.29 is 4.74 Å². The zero-order valence-electron chi connectivity index (χ0n) is 9.56. The molecule has 1 aromatic heterocycles.